The van der Waals surface area contributed by atoms with E-state index in [-0.39, 0.29) is 12.0 Å². The molecule has 0 unspecified atom stereocenters. The van der Waals surface area contributed by atoms with Crippen LogP contribution in [-0.4, -0.2) is 57.4 Å². The number of piperazine rings is 1. The standard InChI is InChI=1S/C22H24N6O3/c1-14-16(3-4-17-18(14)12-31-22(17)29)19-11-27(6-5-23-19)9-15-8-26-28(10-15)20-7-21(30-2)25-13-24-20/h3-4,7-8,10,13,19,23H,5-6,9,11-12H2,1-2H3/t19-/m0/s1. The topological polar surface area (TPSA) is 94.4 Å². The highest BCUT2D eigenvalue weighted by Gasteiger charge is 2.28. The third kappa shape index (κ3) is 3.77. The van der Waals surface area contributed by atoms with E-state index in [1.54, 1.807) is 17.9 Å². The highest BCUT2D eigenvalue weighted by Crippen LogP contribution is 2.30. The van der Waals surface area contributed by atoms with E-state index in [0.717, 1.165) is 42.9 Å². The molecule has 9 nitrogen and oxygen atoms in total. The average molecular weight is 420 g/mol. The van der Waals surface area contributed by atoms with Gasteiger partial charge in [-0.05, 0) is 24.1 Å². The molecule has 160 valence electrons. The first-order valence-corrected chi connectivity index (χ1v) is 10.3. The van der Waals surface area contributed by atoms with E-state index in [0.29, 0.717) is 23.9 Å². The van der Waals surface area contributed by atoms with Crippen molar-refractivity contribution in [3.05, 3.63) is 64.7 Å². The fraction of sp³-hybridized carbons (Fsp3) is 0.364. The van der Waals surface area contributed by atoms with Crippen molar-refractivity contribution in [1.29, 1.82) is 0 Å². The molecule has 9 heteroatoms. The molecule has 4 heterocycles. The molecule has 2 aliphatic rings. The van der Waals surface area contributed by atoms with E-state index in [2.05, 4.69) is 38.3 Å². The van der Waals surface area contributed by atoms with Crippen molar-refractivity contribution in [2.75, 3.05) is 26.7 Å². The molecular weight excluding hydrogens is 396 g/mol. The van der Waals surface area contributed by atoms with Crippen LogP contribution in [-0.2, 0) is 17.9 Å². The van der Waals surface area contributed by atoms with Crippen LogP contribution in [0.25, 0.3) is 5.82 Å². The van der Waals surface area contributed by atoms with E-state index in [4.69, 9.17) is 9.47 Å². The fourth-order valence-corrected chi connectivity index (χ4v) is 4.30. The van der Waals surface area contributed by atoms with Gasteiger partial charge < -0.3 is 14.8 Å². The molecule has 2 aromatic heterocycles. The van der Waals surface area contributed by atoms with Gasteiger partial charge in [0.1, 0.15) is 12.9 Å². The molecule has 31 heavy (non-hydrogen) atoms. The summed E-state index contributed by atoms with van der Waals surface area (Å²) in [7, 11) is 1.58. The molecule has 0 bridgehead atoms. The third-order valence-corrected chi connectivity index (χ3v) is 5.96. The zero-order chi connectivity index (χ0) is 21.4. The predicted molar refractivity (Wildman–Crippen MR) is 112 cm³/mol. The van der Waals surface area contributed by atoms with E-state index >= 15 is 0 Å². The largest absolute Gasteiger partial charge is 0.481 e. The Balaban J connectivity index is 1.30. The molecule has 3 aromatic rings. The van der Waals surface area contributed by atoms with Crippen molar-refractivity contribution in [2.24, 2.45) is 0 Å². The van der Waals surface area contributed by atoms with Gasteiger partial charge >= 0.3 is 5.97 Å². The third-order valence-electron chi connectivity index (χ3n) is 5.96. The molecule has 0 spiro atoms. The Hall–Kier alpha value is -3.30. The number of hydrogen-bond donors (Lipinski definition) is 1. The Morgan fingerprint density at radius 3 is 3.10 bits per heavy atom. The number of cyclic esters (lactones) is 1. The van der Waals surface area contributed by atoms with Gasteiger partial charge in [-0.1, -0.05) is 6.07 Å². The van der Waals surface area contributed by atoms with Gasteiger partial charge in [0, 0.05) is 55.6 Å². The van der Waals surface area contributed by atoms with Crippen LogP contribution in [0.15, 0.2) is 36.9 Å². The van der Waals surface area contributed by atoms with Gasteiger partial charge in [0.2, 0.25) is 5.88 Å². The number of ether oxygens (including phenoxy) is 2. The van der Waals surface area contributed by atoms with Crippen LogP contribution in [0.1, 0.15) is 38.7 Å². The Bertz CT molecular complexity index is 1130. The zero-order valence-corrected chi connectivity index (χ0v) is 17.5. The average Bonchev–Trinajstić information content (AvgIpc) is 3.42. The van der Waals surface area contributed by atoms with E-state index in [9.17, 15) is 4.79 Å². The Morgan fingerprint density at radius 1 is 1.32 bits per heavy atom. The minimum atomic E-state index is -0.221. The van der Waals surface area contributed by atoms with Crippen molar-refractivity contribution in [3.8, 4) is 11.7 Å². The van der Waals surface area contributed by atoms with Crippen LogP contribution in [0, 0.1) is 6.92 Å². The van der Waals surface area contributed by atoms with E-state index in [1.807, 2.05) is 18.5 Å². The molecular formula is C22H24N6O3. The summed E-state index contributed by atoms with van der Waals surface area (Å²) in [4.78, 5) is 22.5. The Kier molecular flexibility index (Phi) is 5.13. The van der Waals surface area contributed by atoms with Crippen LogP contribution in [0.4, 0.5) is 0 Å². The van der Waals surface area contributed by atoms with Gasteiger partial charge in [0.25, 0.3) is 0 Å². The first kappa shape index (κ1) is 19.7. The quantitative estimate of drug-likeness (QED) is 0.625. The number of fused-ring (bicyclic) bond motifs is 1. The number of carbonyl (C=O) groups excluding carboxylic acids is 1. The fourth-order valence-electron chi connectivity index (χ4n) is 4.30. The van der Waals surface area contributed by atoms with Gasteiger partial charge in [-0.25, -0.2) is 19.4 Å². The summed E-state index contributed by atoms with van der Waals surface area (Å²) in [6, 6.07) is 5.91. The number of esters is 1. The molecule has 1 aromatic carbocycles. The summed E-state index contributed by atoms with van der Waals surface area (Å²) in [5.74, 6) is 0.951. The molecule has 0 aliphatic carbocycles. The lowest BCUT2D eigenvalue weighted by Gasteiger charge is -2.34. The first-order chi connectivity index (χ1) is 15.1. The second-order valence-corrected chi connectivity index (χ2v) is 7.84. The highest BCUT2D eigenvalue weighted by atomic mass is 16.5. The van der Waals surface area contributed by atoms with Crippen LogP contribution in [0.3, 0.4) is 0 Å². The van der Waals surface area contributed by atoms with E-state index in [1.165, 1.54) is 11.9 Å². The van der Waals surface area contributed by atoms with Crippen molar-refractivity contribution in [1.82, 2.24) is 30.0 Å². The van der Waals surface area contributed by atoms with Gasteiger partial charge in [-0.15, -0.1) is 0 Å². The highest BCUT2D eigenvalue weighted by molar-refractivity contribution is 5.94. The van der Waals surface area contributed by atoms with Crippen LogP contribution in [0.5, 0.6) is 5.88 Å². The maximum absolute atomic E-state index is 11.8. The number of rotatable bonds is 5. The van der Waals surface area contributed by atoms with Crippen LogP contribution >= 0.6 is 0 Å². The summed E-state index contributed by atoms with van der Waals surface area (Å²) < 4.78 is 12.1. The SMILES string of the molecule is COc1cc(-n2cc(CN3CCN[C@H](c4ccc5c(c4C)COC5=O)C3)cn2)ncn1. The van der Waals surface area contributed by atoms with Gasteiger partial charge in [0.05, 0.1) is 18.9 Å². The molecule has 5 rings (SSSR count). The van der Waals surface area contributed by atoms with Crippen molar-refractivity contribution >= 4 is 5.97 Å². The number of carbonyl (C=O) groups is 1. The van der Waals surface area contributed by atoms with Gasteiger partial charge in [0.15, 0.2) is 5.82 Å². The molecule has 1 N–H and O–H groups in total. The van der Waals surface area contributed by atoms with Crippen molar-refractivity contribution < 1.29 is 14.3 Å². The number of nitrogens with zero attached hydrogens (tertiary/aromatic N) is 5. The minimum Gasteiger partial charge on any atom is -0.481 e. The summed E-state index contributed by atoms with van der Waals surface area (Å²) in [5, 5.41) is 8.07. The van der Waals surface area contributed by atoms with E-state index < -0.39 is 0 Å². The first-order valence-electron chi connectivity index (χ1n) is 10.3. The summed E-state index contributed by atoms with van der Waals surface area (Å²) in [6.07, 6.45) is 5.33. The lowest BCUT2D eigenvalue weighted by molar-refractivity contribution is 0.0535. The summed E-state index contributed by atoms with van der Waals surface area (Å²) >= 11 is 0. The second kappa shape index (κ2) is 8.09. The molecule has 1 atom stereocenters. The maximum atomic E-state index is 11.8. The Labute approximate surface area is 180 Å². The summed E-state index contributed by atoms with van der Waals surface area (Å²) in [6.45, 7) is 5.98. The molecule has 1 saturated heterocycles. The second-order valence-electron chi connectivity index (χ2n) is 7.84. The van der Waals surface area contributed by atoms with Crippen LogP contribution in [0.2, 0.25) is 0 Å². The number of methoxy groups -OCH3 is 1. The lowest BCUT2D eigenvalue weighted by Crippen LogP contribution is -2.45. The monoisotopic (exact) mass is 420 g/mol. The molecule has 0 amide bonds. The molecule has 0 saturated carbocycles. The number of hydrogen-bond acceptors (Lipinski definition) is 8. The molecule has 1 fully saturated rings. The number of nitrogens with one attached hydrogen (secondary N) is 1. The zero-order valence-electron chi connectivity index (χ0n) is 17.5. The smallest absolute Gasteiger partial charge is 0.338 e. The number of aromatic nitrogens is 4. The lowest BCUT2D eigenvalue weighted by atomic mass is 9.93. The normalized spacial score (nSPS) is 18.6. The van der Waals surface area contributed by atoms with Crippen LogP contribution < -0.4 is 10.1 Å². The Morgan fingerprint density at radius 2 is 2.23 bits per heavy atom. The minimum absolute atomic E-state index is 0.205. The maximum Gasteiger partial charge on any atom is 0.338 e. The molecule has 2 aliphatic heterocycles. The van der Waals surface area contributed by atoms with Crippen molar-refractivity contribution in [3.63, 3.8) is 0 Å². The number of benzene rings is 1. The van der Waals surface area contributed by atoms with Gasteiger partial charge in [-0.2, -0.15) is 5.10 Å². The predicted octanol–water partition coefficient (Wildman–Crippen LogP) is 1.80. The summed E-state index contributed by atoms with van der Waals surface area (Å²) in [5.41, 5.74) is 5.20. The van der Waals surface area contributed by atoms with Gasteiger partial charge in [-0.3, -0.25) is 4.90 Å². The molecule has 0 radical (unpaired) electrons. The van der Waals surface area contributed by atoms with Crippen molar-refractivity contribution in [2.45, 2.75) is 26.1 Å².